The fourth-order valence-corrected chi connectivity index (χ4v) is 7.92. The topological polar surface area (TPSA) is 114 Å². The molecule has 0 unspecified atom stereocenters. The number of nitrogens with one attached hydrogen (secondary N) is 2. The minimum absolute atomic E-state index is 0.0398. The number of anilines is 1. The number of ether oxygens (including phenoxy) is 1. The van der Waals surface area contributed by atoms with Crippen LogP contribution in [-0.2, 0) is 22.4 Å². The molecule has 3 fully saturated rings. The van der Waals surface area contributed by atoms with E-state index < -0.39 is 12.2 Å². The summed E-state index contributed by atoms with van der Waals surface area (Å²) < 4.78 is 6.10. The van der Waals surface area contributed by atoms with Gasteiger partial charge in [-0.05, 0) is 87.4 Å². The van der Waals surface area contributed by atoms with E-state index in [0.717, 1.165) is 60.1 Å². The number of carbonyl (C=O) groups excluding carboxylic acids is 3. The van der Waals surface area contributed by atoms with Crippen molar-refractivity contribution >= 4 is 34.6 Å². The van der Waals surface area contributed by atoms with Gasteiger partial charge in [0.1, 0.15) is 0 Å². The molecule has 1 aromatic heterocycles. The molecule has 0 saturated carbocycles. The molecule has 0 radical (unpaired) electrons. The molecule has 11 heteroatoms. The Hall–Kier alpha value is -4.12. The van der Waals surface area contributed by atoms with Crippen molar-refractivity contribution in [1.82, 2.24) is 29.8 Å². The number of H-pyrrole nitrogens is 1. The van der Waals surface area contributed by atoms with Gasteiger partial charge in [0.05, 0.1) is 11.7 Å². The van der Waals surface area contributed by atoms with Crippen molar-refractivity contribution in [2.45, 2.75) is 82.4 Å². The average Bonchev–Trinajstić information content (AvgIpc) is 3.29. The van der Waals surface area contributed by atoms with Gasteiger partial charge in [-0.3, -0.25) is 9.89 Å². The first-order valence-corrected chi connectivity index (χ1v) is 17.6. The molecule has 250 valence electrons. The number of carbonyl (C=O) groups is 3. The van der Waals surface area contributed by atoms with Gasteiger partial charge < -0.3 is 29.7 Å². The molecule has 4 aliphatic rings. The number of hydrogen-bond donors (Lipinski definition) is 2. The molecule has 0 spiro atoms. The van der Waals surface area contributed by atoms with Crippen molar-refractivity contribution in [2.75, 3.05) is 51.1 Å². The molecule has 1 atom stereocenters. The predicted octanol–water partition coefficient (Wildman–Crippen LogP) is 5.03. The zero-order chi connectivity index (χ0) is 32.2. The van der Waals surface area contributed by atoms with Crippen LogP contribution in [0.15, 0.2) is 48.7 Å². The first kappa shape index (κ1) is 31.5. The summed E-state index contributed by atoms with van der Waals surface area (Å²) >= 11 is 0. The normalized spacial score (nSPS) is 21.1. The van der Waals surface area contributed by atoms with Crippen molar-refractivity contribution in [2.24, 2.45) is 0 Å². The van der Waals surface area contributed by atoms with Crippen LogP contribution in [0.2, 0.25) is 0 Å². The summed E-state index contributed by atoms with van der Waals surface area (Å²) in [7, 11) is 0. The third kappa shape index (κ3) is 7.25. The summed E-state index contributed by atoms with van der Waals surface area (Å²) in [6.45, 7) is 5.27. The van der Waals surface area contributed by atoms with Gasteiger partial charge in [-0.2, -0.15) is 5.10 Å². The monoisotopic (exact) mass is 641 g/mol. The molecule has 3 aromatic rings. The number of urea groups is 1. The average molecular weight is 642 g/mol. The maximum atomic E-state index is 14.0. The summed E-state index contributed by atoms with van der Waals surface area (Å²) in [5.41, 5.74) is 3.86. The Labute approximate surface area is 276 Å². The zero-order valence-electron chi connectivity index (χ0n) is 27.2. The molecular formula is C36H47N7O4. The van der Waals surface area contributed by atoms with Gasteiger partial charge in [0.2, 0.25) is 0 Å². The SMILES string of the molecule is O=C(O[C@H](Cc1ccc2[nH]ncc2c1)C(=O)N1CCC(N2CCCCCC2)CC1)N1CCC(N2CCc3ccccc3NC2=O)CC1. The number of aromatic amines is 1. The third-order valence-electron chi connectivity index (χ3n) is 10.7. The number of amides is 4. The van der Waals surface area contributed by atoms with E-state index in [1.165, 1.54) is 25.7 Å². The maximum absolute atomic E-state index is 14.0. The standard InChI is InChI=1S/C36H47N7O4/c44-34(41-18-12-29(13-19-41)40-16-5-1-2-6-17-40)33(24-26-9-10-32-28(23-26)25-37-39-32)47-36(46)42-20-14-30(15-21-42)43-22-11-27-7-3-4-8-31(27)38-35(43)45/h3-4,7-10,23,25,29-30,33H,1-2,5-6,11-22,24H2,(H,37,39)(H,38,45)/t33-/m1/s1. The third-order valence-corrected chi connectivity index (χ3v) is 10.7. The van der Waals surface area contributed by atoms with Crippen LogP contribution in [0, 0.1) is 0 Å². The Morgan fingerprint density at radius 2 is 1.57 bits per heavy atom. The summed E-state index contributed by atoms with van der Waals surface area (Å²) in [5.74, 6) is -0.115. The largest absolute Gasteiger partial charge is 0.436 e. The second-order valence-corrected chi connectivity index (χ2v) is 13.6. The number of hydrogen-bond acceptors (Lipinski definition) is 6. The summed E-state index contributed by atoms with van der Waals surface area (Å²) in [5, 5.41) is 11.1. The van der Waals surface area contributed by atoms with Crippen LogP contribution in [0.5, 0.6) is 0 Å². The first-order chi connectivity index (χ1) is 23.0. The van der Waals surface area contributed by atoms with E-state index in [0.29, 0.717) is 58.0 Å². The van der Waals surface area contributed by atoms with Gasteiger partial charge in [-0.25, -0.2) is 9.59 Å². The number of aromatic nitrogens is 2. The molecule has 11 nitrogen and oxygen atoms in total. The molecule has 47 heavy (non-hydrogen) atoms. The molecular weight excluding hydrogens is 594 g/mol. The van der Waals surface area contributed by atoms with Crippen LogP contribution < -0.4 is 5.32 Å². The zero-order valence-corrected chi connectivity index (χ0v) is 27.2. The smallest absolute Gasteiger partial charge is 0.410 e. The van der Waals surface area contributed by atoms with Gasteiger partial charge in [0.15, 0.2) is 6.10 Å². The van der Waals surface area contributed by atoms with Crippen molar-refractivity contribution in [3.05, 3.63) is 59.8 Å². The molecule has 4 aliphatic heterocycles. The van der Waals surface area contributed by atoms with Gasteiger partial charge >= 0.3 is 12.1 Å². The Morgan fingerprint density at radius 1 is 0.851 bits per heavy atom. The lowest BCUT2D eigenvalue weighted by Gasteiger charge is -2.40. The second kappa shape index (κ2) is 14.3. The van der Waals surface area contributed by atoms with E-state index in [4.69, 9.17) is 4.74 Å². The van der Waals surface area contributed by atoms with Gasteiger partial charge in [-0.15, -0.1) is 0 Å². The van der Waals surface area contributed by atoms with Crippen LogP contribution in [0.25, 0.3) is 10.9 Å². The lowest BCUT2D eigenvalue weighted by atomic mass is 10.0. The summed E-state index contributed by atoms with van der Waals surface area (Å²) in [6.07, 6.45) is 9.88. The number of fused-ring (bicyclic) bond motifs is 2. The number of likely N-dealkylation sites (tertiary alicyclic amines) is 3. The Bertz CT molecular complexity index is 1550. The maximum Gasteiger partial charge on any atom is 0.410 e. The fraction of sp³-hybridized carbons (Fsp3) is 0.556. The highest BCUT2D eigenvalue weighted by Crippen LogP contribution is 2.26. The lowest BCUT2D eigenvalue weighted by Crippen LogP contribution is -2.52. The molecule has 7 rings (SSSR count). The number of benzene rings is 2. The quantitative estimate of drug-likeness (QED) is 0.390. The molecule has 0 bridgehead atoms. The predicted molar refractivity (Wildman–Crippen MR) is 180 cm³/mol. The van der Waals surface area contributed by atoms with Crippen LogP contribution in [0.4, 0.5) is 15.3 Å². The molecule has 4 amide bonds. The number of para-hydroxylation sites is 1. The van der Waals surface area contributed by atoms with Crippen molar-refractivity contribution in [3.63, 3.8) is 0 Å². The van der Waals surface area contributed by atoms with Crippen LogP contribution in [0.3, 0.4) is 0 Å². The Kier molecular flexibility index (Phi) is 9.60. The number of piperidine rings is 2. The van der Waals surface area contributed by atoms with E-state index in [2.05, 4.69) is 26.5 Å². The summed E-state index contributed by atoms with van der Waals surface area (Å²) in [6, 6.07) is 14.3. The second-order valence-electron chi connectivity index (χ2n) is 13.6. The van der Waals surface area contributed by atoms with E-state index in [1.54, 1.807) is 11.1 Å². The van der Waals surface area contributed by atoms with E-state index in [1.807, 2.05) is 46.2 Å². The van der Waals surface area contributed by atoms with Crippen LogP contribution in [-0.4, -0.2) is 112 Å². The van der Waals surface area contributed by atoms with Crippen molar-refractivity contribution in [3.8, 4) is 0 Å². The van der Waals surface area contributed by atoms with E-state index >= 15 is 0 Å². The van der Waals surface area contributed by atoms with Crippen molar-refractivity contribution < 1.29 is 19.1 Å². The van der Waals surface area contributed by atoms with Gasteiger partial charge in [-0.1, -0.05) is 37.1 Å². The molecule has 5 heterocycles. The fourth-order valence-electron chi connectivity index (χ4n) is 7.92. The molecule has 0 aliphatic carbocycles. The van der Waals surface area contributed by atoms with Crippen LogP contribution >= 0.6 is 0 Å². The minimum Gasteiger partial charge on any atom is -0.436 e. The highest BCUT2D eigenvalue weighted by molar-refractivity contribution is 5.91. The number of nitrogens with zero attached hydrogens (tertiary/aromatic N) is 5. The highest BCUT2D eigenvalue weighted by atomic mass is 16.6. The van der Waals surface area contributed by atoms with Gasteiger partial charge in [0, 0.05) is 62.3 Å². The van der Waals surface area contributed by atoms with Crippen LogP contribution in [0.1, 0.15) is 62.5 Å². The molecule has 3 saturated heterocycles. The van der Waals surface area contributed by atoms with E-state index in [-0.39, 0.29) is 18.0 Å². The molecule has 2 N–H and O–H groups in total. The molecule has 2 aromatic carbocycles. The Balaban J connectivity index is 0.984. The lowest BCUT2D eigenvalue weighted by molar-refractivity contribution is -0.142. The Morgan fingerprint density at radius 3 is 2.36 bits per heavy atom. The number of rotatable bonds is 6. The van der Waals surface area contributed by atoms with Crippen molar-refractivity contribution in [1.29, 1.82) is 0 Å². The van der Waals surface area contributed by atoms with E-state index in [9.17, 15) is 14.4 Å². The summed E-state index contributed by atoms with van der Waals surface area (Å²) in [4.78, 5) is 48.9. The van der Waals surface area contributed by atoms with Gasteiger partial charge in [0.25, 0.3) is 5.91 Å². The minimum atomic E-state index is -0.908. The highest BCUT2D eigenvalue weighted by Gasteiger charge is 2.36. The first-order valence-electron chi connectivity index (χ1n) is 17.6.